The maximum atomic E-state index is 11.4. The van der Waals surface area contributed by atoms with Gasteiger partial charge >= 0.3 is 5.97 Å². The lowest BCUT2D eigenvalue weighted by Gasteiger charge is -2.02. The second-order valence-electron chi connectivity index (χ2n) is 3.81. The first-order valence-corrected chi connectivity index (χ1v) is 5.20. The van der Waals surface area contributed by atoms with Crippen molar-refractivity contribution < 1.29 is 9.53 Å². The summed E-state index contributed by atoms with van der Waals surface area (Å²) in [5.74, 6) is -0.215. The SMILES string of the molecule is O=C1OCc2ccc(-c3ccccc3)cc21. The van der Waals surface area contributed by atoms with Gasteiger partial charge in [-0.2, -0.15) is 0 Å². The zero-order valence-electron chi connectivity index (χ0n) is 8.64. The lowest BCUT2D eigenvalue weighted by Crippen LogP contribution is -1.93. The number of carbonyl (C=O) groups is 1. The number of esters is 1. The molecule has 78 valence electrons. The number of hydrogen-bond acceptors (Lipinski definition) is 2. The van der Waals surface area contributed by atoms with Crippen LogP contribution in [0.2, 0.25) is 0 Å². The molecule has 0 radical (unpaired) electrons. The number of hydrogen-bond donors (Lipinski definition) is 0. The first kappa shape index (κ1) is 9.16. The predicted octanol–water partition coefficient (Wildman–Crippen LogP) is 3.02. The first-order valence-electron chi connectivity index (χ1n) is 5.20. The van der Waals surface area contributed by atoms with E-state index < -0.39 is 0 Å². The average molecular weight is 210 g/mol. The summed E-state index contributed by atoms with van der Waals surface area (Å²) >= 11 is 0. The van der Waals surface area contributed by atoms with Crippen LogP contribution in [0.15, 0.2) is 48.5 Å². The molecule has 0 aliphatic carbocycles. The van der Waals surface area contributed by atoms with Crippen LogP contribution in [-0.4, -0.2) is 5.97 Å². The van der Waals surface area contributed by atoms with E-state index in [1.54, 1.807) is 0 Å². The highest BCUT2D eigenvalue weighted by Gasteiger charge is 2.21. The summed E-state index contributed by atoms with van der Waals surface area (Å²) in [5, 5.41) is 0. The van der Waals surface area contributed by atoms with Crippen molar-refractivity contribution in [2.75, 3.05) is 0 Å². The molecule has 2 aromatic rings. The minimum absolute atomic E-state index is 0.215. The van der Waals surface area contributed by atoms with Gasteiger partial charge in [0.15, 0.2) is 0 Å². The lowest BCUT2D eigenvalue weighted by molar-refractivity contribution is 0.0535. The molecule has 0 bridgehead atoms. The van der Waals surface area contributed by atoms with Gasteiger partial charge in [0, 0.05) is 5.56 Å². The van der Waals surface area contributed by atoms with E-state index in [2.05, 4.69) is 0 Å². The fourth-order valence-electron chi connectivity index (χ4n) is 1.92. The summed E-state index contributed by atoms with van der Waals surface area (Å²) < 4.78 is 4.98. The molecule has 0 unspecified atom stereocenters. The molecule has 3 rings (SSSR count). The molecule has 2 nitrogen and oxygen atoms in total. The van der Waals surface area contributed by atoms with Gasteiger partial charge in [0.1, 0.15) is 6.61 Å². The molecule has 0 aromatic heterocycles. The summed E-state index contributed by atoms with van der Waals surface area (Å²) in [7, 11) is 0. The van der Waals surface area contributed by atoms with Crippen LogP contribution in [0.4, 0.5) is 0 Å². The van der Waals surface area contributed by atoms with E-state index in [0.29, 0.717) is 12.2 Å². The number of cyclic esters (lactones) is 1. The van der Waals surface area contributed by atoms with Crippen LogP contribution in [0.1, 0.15) is 15.9 Å². The number of ether oxygens (including phenoxy) is 1. The van der Waals surface area contributed by atoms with Crippen LogP contribution in [0.3, 0.4) is 0 Å². The Morgan fingerprint density at radius 1 is 0.938 bits per heavy atom. The van der Waals surface area contributed by atoms with Gasteiger partial charge in [0.05, 0.1) is 5.56 Å². The Morgan fingerprint density at radius 3 is 2.56 bits per heavy atom. The molecule has 0 saturated carbocycles. The fourth-order valence-corrected chi connectivity index (χ4v) is 1.92. The second-order valence-corrected chi connectivity index (χ2v) is 3.81. The monoisotopic (exact) mass is 210 g/mol. The predicted molar refractivity (Wildman–Crippen MR) is 61.0 cm³/mol. The van der Waals surface area contributed by atoms with Crippen LogP contribution < -0.4 is 0 Å². The lowest BCUT2D eigenvalue weighted by atomic mass is 10.0. The number of rotatable bonds is 1. The van der Waals surface area contributed by atoms with Gasteiger partial charge in [0.25, 0.3) is 0 Å². The molecular weight excluding hydrogens is 200 g/mol. The molecule has 0 spiro atoms. The highest BCUT2D eigenvalue weighted by molar-refractivity contribution is 5.94. The third-order valence-electron chi connectivity index (χ3n) is 2.80. The molecule has 0 fully saturated rings. The molecule has 2 aromatic carbocycles. The molecule has 1 aliphatic rings. The van der Waals surface area contributed by atoms with Crippen LogP contribution in [0.25, 0.3) is 11.1 Å². The maximum Gasteiger partial charge on any atom is 0.338 e. The van der Waals surface area contributed by atoms with Crippen molar-refractivity contribution in [3.8, 4) is 11.1 Å². The topological polar surface area (TPSA) is 26.3 Å². The summed E-state index contributed by atoms with van der Waals surface area (Å²) in [6.07, 6.45) is 0. The molecule has 1 aliphatic heterocycles. The third-order valence-corrected chi connectivity index (χ3v) is 2.80. The largest absolute Gasteiger partial charge is 0.457 e. The van der Waals surface area contributed by atoms with Gasteiger partial charge < -0.3 is 4.74 Å². The van der Waals surface area contributed by atoms with Crippen LogP contribution >= 0.6 is 0 Å². The van der Waals surface area contributed by atoms with E-state index in [1.807, 2.05) is 48.5 Å². The molecule has 0 atom stereocenters. The van der Waals surface area contributed by atoms with Gasteiger partial charge in [-0.05, 0) is 17.2 Å². The van der Waals surface area contributed by atoms with E-state index in [1.165, 1.54) is 0 Å². The smallest absolute Gasteiger partial charge is 0.338 e. The minimum Gasteiger partial charge on any atom is -0.457 e. The van der Waals surface area contributed by atoms with Crippen molar-refractivity contribution in [2.45, 2.75) is 6.61 Å². The van der Waals surface area contributed by atoms with Crippen molar-refractivity contribution in [1.82, 2.24) is 0 Å². The second kappa shape index (κ2) is 3.49. The highest BCUT2D eigenvalue weighted by Crippen LogP contribution is 2.26. The van der Waals surface area contributed by atoms with Crippen molar-refractivity contribution in [3.05, 3.63) is 59.7 Å². The van der Waals surface area contributed by atoms with Gasteiger partial charge in [-0.3, -0.25) is 0 Å². The third kappa shape index (κ3) is 1.39. The van der Waals surface area contributed by atoms with Crippen LogP contribution in [0.5, 0.6) is 0 Å². The van der Waals surface area contributed by atoms with Gasteiger partial charge in [-0.15, -0.1) is 0 Å². The number of benzene rings is 2. The Morgan fingerprint density at radius 2 is 1.75 bits per heavy atom. The van der Waals surface area contributed by atoms with E-state index in [9.17, 15) is 4.79 Å². The molecule has 2 heteroatoms. The standard InChI is InChI=1S/C14H10O2/c15-14-13-8-11(6-7-12(13)9-16-14)10-4-2-1-3-5-10/h1-8H,9H2. The van der Waals surface area contributed by atoms with Crippen molar-refractivity contribution in [3.63, 3.8) is 0 Å². The van der Waals surface area contributed by atoms with Crippen LogP contribution in [0, 0.1) is 0 Å². The van der Waals surface area contributed by atoms with E-state index >= 15 is 0 Å². The Labute approximate surface area is 93.5 Å². The fraction of sp³-hybridized carbons (Fsp3) is 0.0714. The molecule has 0 amide bonds. The number of carbonyl (C=O) groups excluding carboxylic acids is 1. The Kier molecular flexibility index (Phi) is 2.00. The first-order chi connectivity index (χ1) is 7.84. The highest BCUT2D eigenvalue weighted by atomic mass is 16.5. The summed E-state index contributed by atoms with van der Waals surface area (Å²) in [4.78, 5) is 11.4. The van der Waals surface area contributed by atoms with E-state index in [4.69, 9.17) is 4.74 Å². The van der Waals surface area contributed by atoms with Crippen molar-refractivity contribution in [2.24, 2.45) is 0 Å². The summed E-state index contributed by atoms with van der Waals surface area (Å²) in [6.45, 7) is 0.406. The Hall–Kier alpha value is -2.09. The van der Waals surface area contributed by atoms with Gasteiger partial charge in [0.2, 0.25) is 0 Å². The molecule has 0 saturated heterocycles. The van der Waals surface area contributed by atoms with Gasteiger partial charge in [-0.1, -0.05) is 42.5 Å². The zero-order chi connectivity index (χ0) is 11.0. The normalized spacial score (nSPS) is 13.4. The van der Waals surface area contributed by atoms with Crippen LogP contribution in [-0.2, 0) is 11.3 Å². The summed E-state index contributed by atoms with van der Waals surface area (Å²) in [6, 6.07) is 15.9. The molecular formula is C14H10O2. The maximum absolute atomic E-state index is 11.4. The number of fused-ring (bicyclic) bond motifs is 1. The van der Waals surface area contributed by atoms with Crippen molar-refractivity contribution in [1.29, 1.82) is 0 Å². The zero-order valence-corrected chi connectivity index (χ0v) is 8.64. The molecule has 1 heterocycles. The Balaban J connectivity index is 2.11. The minimum atomic E-state index is -0.215. The Bertz CT molecular complexity index is 544. The average Bonchev–Trinajstić information content (AvgIpc) is 2.72. The van der Waals surface area contributed by atoms with Crippen molar-refractivity contribution >= 4 is 5.97 Å². The quantitative estimate of drug-likeness (QED) is 0.676. The summed E-state index contributed by atoms with van der Waals surface area (Å²) in [5.41, 5.74) is 3.84. The van der Waals surface area contributed by atoms with E-state index in [-0.39, 0.29) is 5.97 Å². The van der Waals surface area contributed by atoms with E-state index in [0.717, 1.165) is 16.7 Å². The molecule has 0 N–H and O–H groups in total. The molecule has 16 heavy (non-hydrogen) atoms. The van der Waals surface area contributed by atoms with Gasteiger partial charge in [-0.25, -0.2) is 4.79 Å².